The zero-order chi connectivity index (χ0) is 16.9. The van der Waals surface area contributed by atoms with E-state index in [0.29, 0.717) is 13.1 Å². The van der Waals surface area contributed by atoms with Crippen molar-refractivity contribution < 1.29 is 9.59 Å². The minimum atomic E-state index is -0.132. The fraction of sp³-hybridized carbons (Fsp3) is 0.471. The SMILES string of the molecule is C[C@H](Cn1ccnc1)NC(=O)[C@H]1CCCN(C(=O)c2cccs2)C1. The maximum Gasteiger partial charge on any atom is 0.263 e. The fourth-order valence-electron chi connectivity index (χ4n) is 3.05. The number of piperidine rings is 1. The highest BCUT2D eigenvalue weighted by Crippen LogP contribution is 2.20. The van der Waals surface area contributed by atoms with Gasteiger partial charge in [-0.15, -0.1) is 11.3 Å². The van der Waals surface area contributed by atoms with E-state index in [4.69, 9.17) is 0 Å². The summed E-state index contributed by atoms with van der Waals surface area (Å²) >= 11 is 1.45. The smallest absolute Gasteiger partial charge is 0.263 e. The first-order valence-corrected chi connectivity index (χ1v) is 9.10. The van der Waals surface area contributed by atoms with Gasteiger partial charge in [-0.05, 0) is 31.2 Å². The molecule has 6 nitrogen and oxygen atoms in total. The molecule has 1 aliphatic heterocycles. The van der Waals surface area contributed by atoms with E-state index in [1.807, 2.05) is 35.2 Å². The molecule has 0 aromatic carbocycles. The highest BCUT2D eigenvalue weighted by molar-refractivity contribution is 7.12. The van der Waals surface area contributed by atoms with E-state index in [0.717, 1.165) is 24.3 Å². The van der Waals surface area contributed by atoms with Crippen molar-refractivity contribution in [3.63, 3.8) is 0 Å². The van der Waals surface area contributed by atoms with Crippen LogP contribution in [0.5, 0.6) is 0 Å². The Labute approximate surface area is 145 Å². The van der Waals surface area contributed by atoms with Gasteiger partial charge in [-0.3, -0.25) is 9.59 Å². The van der Waals surface area contributed by atoms with E-state index >= 15 is 0 Å². The number of rotatable bonds is 5. The first-order valence-electron chi connectivity index (χ1n) is 8.22. The topological polar surface area (TPSA) is 67.2 Å². The monoisotopic (exact) mass is 346 g/mol. The number of carbonyl (C=O) groups is 2. The van der Waals surface area contributed by atoms with Gasteiger partial charge in [0.05, 0.1) is 17.1 Å². The summed E-state index contributed by atoms with van der Waals surface area (Å²) in [5.74, 6) is -0.0619. The van der Waals surface area contributed by atoms with Crippen LogP contribution in [0.4, 0.5) is 0 Å². The summed E-state index contributed by atoms with van der Waals surface area (Å²) in [4.78, 5) is 31.5. The van der Waals surface area contributed by atoms with Gasteiger partial charge < -0.3 is 14.8 Å². The van der Waals surface area contributed by atoms with Gasteiger partial charge in [0.25, 0.3) is 5.91 Å². The molecule has 2 amide bonds. The molecule has 1 saturated heterocycles. The highest BCUT2D eigenvalue weighted by Gasteiger charge is 2.29. The van der Waals surface area contributed by atoms with Crippen LogP contribution < -0.4 is 5.32 Å². The lowest BCUT2D eigenvalue weighted by molar-refractivity contribution is -0.127. The second-order valence-electron chi connectivity index (χ2n) is 6.24. The summed E-state index contributed by atoms with van der Waals surface area (Å²) in [5.41, 5.74) is 0. The van der Waals surface area contributed by atoms with Crippen molar-refractivity contribution in [3.8, 4) is 0 Å². The Kier molecular flexibility index (Phi) is 5.30. The molecular formula is C17H22N4O2S. The lowest BCUT2D eigenvalue weighted by atomic mass is 9.96. The largest absolute Gasteiger partial charge is 0.352 e. The second-order valence-corrected chi connectivity index (χ2v) is 7.18. The number of thiophene rings is 1. The first-order chi connectivity index (χ1) is 11.6. The van der Waals surface area contributed by atoms with E-state index < -0.39 is 0 Å². The van der Waals surface area contributed by atoms with Crippen LogP contribution in [-0.4, -0.2) is 45.4 Å². The van der Waals surface area contributed by atoms with Crippen LogP contribution in [0.2, 0.25) is 0 Å². The molecule has 1 fully saturated rings. The summed E-state index contributed by atoms with van der Waals surface area (Å²) in [6.45, 7) is 3.90. The van der Waals surface area contributed by atoms with Crippen LogP contribution in [0.1, 0.15) is 29.4 Å². The summed E-state index contributed by atoms with van der Waals surface area (Å²) in [7, 11) is 0. The van der Waals surface area contributed by atoms with E-state index in [2.05, 4.69) is 10.3 Å². The lowest BCUT2D eigenvalue weighted by Crippen LogP contribution is -2.47. The van der Waals surface area contributed by atoms with Gasteiger partial charge in [-0.1, -0.05) is 6.07 Å². The van der Waals surface area contributed by atoms with Gasteiger partial charge in [0.1, 0.15) is 0 Å². The van der Waals surface area contributed by atoms with Gasteiger partial charge in [-0.25, -0.2) is 4.98 Å². The van der Waals surface area contributed by atoms with E-state index in [1.165, 1.54) is 11.3 Å². The predicted octanol–water partition coefficient (Wildman–Crippen LogP) is 2.00. The summed E-state index contributed by atoms with van der Waals surface area (Å²) in [6.07, 6.45) is 7.04. The van der Waals surface area contributed by atoms with Crippen LogP contribution in [0.25, 0.3) is 0 Å². The Morgan fingerprint density at radius 3 is 3.08 bits per heavy atom. The van der Waals surface area contributed by atoms with Gasteiger partial charge in [-0.2, -0.15) is 0 Å². The molecule has 0 radical (unpaired) electrons. The third kappa shape index (κ3) is 4.03. The van der Waals surface area contributed by atoms with Crippen molar-refractivity contribution in [2.45, 2.75) is 32.4 Å². The molecule has 24 heavy (non-hydrogen) atoms. The van der Waals surface area contributed by atoms with Gasteiger partial charge >= 0.3 is 0 Å². The van der Waals surface area contributed by atoms with Crippen LogP contribution >= 0.6 is 11.3 Å². The summed E-state index contributed by atoms with van der Waals surface area (Å²) in [6, 6.07) is 3.74. The van der Waals surface area contributed by atoms with Gasteiger partial charge in [0, 0.05) is 38.1 Å². The number of imidazole rings is 1. The second kappa shape index (κ2) is 7.61. The molecule has 0 bridgehead atoms. The highest BCUT2D eigenvalue weighted by atomic mass is 32.1. The molecule has 2 aromatic heterocycles. The van der Waals surface area contributed by atoms with E-state index in [9.17, 15) is 9.59 Å². The van der Waals surface area contributed by atoms with E-state index in [-0.39, 0.29) is 23.8 Å². The van der Waals surface area contributed by atoms with Crippen LogP contribution in [0, 0.1) is 5.92 Å². The summed E-state index contributed by atoms with van der Waals surface area (Å²) in [5, 5.41) is 4.96. The molecule has 7 heteroatoms. The Hall–Kier alpha value is -2.15. The van der Waals surface area contributed by atoms with Gasteiger partial charge in [0.15, 0.2) is 0 Å². The van der Waals surface area contributed by atoms with Crippen molar-refractivity contribution >= 4 is 23.2 Å². The number of nitrogens with one attached hydrogen (secondary N) is 1. The number of nitrogens with zero attached hydrogens (tertiary/aromatic N) is 3. The molecule has 2 aromatic rings. The molecule has 1 N–H and O–H groups in total. The standard InChI is InChI=1S/C17H22N4O2S/c1-13(10-20-8-6-18-12-20)19-16(22)14-4-2-7-21(11-14)17(23)15-5-3-9-24-15/h3,5-6,8-9,12-14H,2,4,7,10-11H2,1H3,(H,19,22)/t13-,14+/m1/s1. The Bertz CT molecular complexity index is 669. The Balaban J connectivity index is 1.54. The lowest BCUT2D eigenvalue weighted by Gasteiger charge is -2.32. The average molecular weight is 346 g/mol. The predicted molar refractivity (Wildman–Crippen MR) is 92.8 cm³/mol. The molecule has 0 saturated carbocycles. The van der Waals surface area contributed by atoms with Crippen molar-refractivity contribution in [2.24, 2.45) is 5.92 Å². The number of carbonyl (C=O) groups excluding carboxylic acids is 2. The third-order valence-electron chi connectivity index (χ3n) is 4.24. The molecule has 2 atom stereocenters. The van der Waals surface area contributed by atoms with Crippen molar-refractivity contribution in [1.29, 1.82) is 0 Å². The molecule has 0 aliphatic carbocycles. The molecule has 0 spiro atoms. The van der Waals surface area contributed by atoms with Crippen molar-refractivity contribution in [3.05, 3.63) is 41.1 Å². The van der Waals surface area contributed by atoms with Crippen LogP contribution in [0.3, 0.4) is 0 Å². The van der Waals surface area contributed by atoms with Crippen LogP contribution in [-0.2, 0) is 11.3 Å². The summed E-state index contributed by atoms with van der Waals surface area (Å²) < 4.78 is 1.94. The zero-order valence-corrected chi connectivity index (χ0v) is 14.5. The number of amides is 2. The van der Waals surface area contributed by atoms with E-state index in [1.54, 1.807) is 17.4 Å². The normalized spacial score (nSPS) is 19.0. The molecule has 0 unspecified atom stereocenters. The number of hydrogen-bond acceptors (Lipinski definition) is 4. The number of hydrogen-bond donors (Lipinski definition) is 1. The van der Waals surface area contributed by atoms with Crippen molar-refractivity contribution in [1.82, 2.24) is 19.8 Å². The van der Waals surface area contributed by atoms with Crippen molar-refractivity contribution in [2.75, 3.05) is 13.1 Å². The maximum atomic E-state index is 12.5. The molecule has 1 aliphatic rings. The molecule has 128 valence electrons. The maximum absolute atomic E-state index is 12.5. The average Bonchev–Trinajstić information content (AvgIpc) is 3.27. The Morgan fingerprint density at radius 1 is 1.50 bits per heavy atom. The third-order valence-corrected chi connectivity index (χ3v) is 5.10. The molecule has 3 heterocycles. The fourth-order valence-corrected chi connectivity index (χ4v) is 3.74. The number of aromatic nitrogens is 2. The van der Waals surface area contributed by atoms with Crippen LogP contribution in [0.15, 0.2) is 36.2 Å². The minimum absolute atomic E-state index is 0.0232. The number of likely N-dealkylation sites (tertiary alicyclic amines) is 1. The zero-order valence-electron chi connectivity index (χ0n) is 13.7. The molecular weight excluding hydrogens is 324 g/mol. The minimum Gasteiger partial charge on any atom is -0.352 e. The molecule has 3 rings (SSSR count). The first kappa shape index (κ1) is 16.7. The Morgan fingerprint density at radius 2 is 2.38 bits per heavy atom. The quantitative estimate of drug-likeness (QED) is 0.900. The van der Waals surface area contributed by atoms with Gasteiger partial charge in [0.2, 0.25) is 5.91 Å².